The lowest BCUT2D eigenvalue weighted by atomic mass is 10.1. The van der Waals surface area contributed by atoms with Crippen LogP contribution in [0.5, 0.6) is 5.75 Å². The molecule has 0 spiro atoms. The number of ketones is 1. The maximum absolute atomic E-state index is 10.9. The molecule has 0 saturated carbocycles. The Balaban J connectivity index is 2.33. The van der Waals surface area contributed by atoms with E-state index >= 15 is 0 Å². The maximum atomic E-state index is 10.9. The van der Waals surface area contributed by atoms with Crippen molar-refractivity contribution in [3.63, 3.8) is 0 Å². The van der Waals surface area contributed by atoms with Gasteiger partial charge in [0.15, 0.2) is 0 Å². The average Bonchev–Trinajstić information content (AvgIpc) is 2.43. The molecule has 0 N–H and O–H groups in total. The first-order valence-electron chi connectivity index (χ1n) is 6.14. The molecule has 19 heavy (non-hydrogen) atoms. The monoisotopic (exact) mass is 282 g/mol. The molecule has 0 saturated heterocycles. The van der Waals surface area contributed by atoms with Gasteiger partial charge >= 0.3 is 0 Å². The molecule has 104 valence electrons. The first kappa shape index (κ1) is 15.7. The van der Waals surface area contributed by atoms with Crippen LogP contribution in [0.15, 0.2) is 35.4 Å². The highest BCUT2D eigenvalue weighted by molar-refractivity contribution is 6.25. The number of benzene rings is 1. The van der Waals surface area contributed by atoms with Gasteiger partial charge in [0.25, 0.3) is 0 Å². The van der Waals surface area contributed by atoms with E-state index in [4.69, 9.17) is 21.1 Å². The summed E-state index contributed by atoms with van der Waals surface area (Å²) in [7, 11) is 1.64. The van der Waals surface area contributed by atoms with E-state index in [9.17, 15) is 4.79 Å². The Bertz CT molecular complexity index is 424. The number of methoxy groups -OCH3 is 1. The van der Waals surface area contributed by atoms with Gasteiger partial charge in [-0.05, 0) is 36.6 Å². The number of Topliss-reactive ketones (excluding diaryl/α,β-unsaturated/α-hetero) is 1. The van der Waals surface area contributed by atoms with Crippen LogP contribution < -0.4 is 4.74 Å². The summed E-state index contributed by atoms with van der Waals surface area (Å²) in [5.74, 6) is 0.984. The van der Waals surface area contributed by atoms with E-state index < -0.39 is 0 Å². The Kier molecular flexibility index (Phi) is 7.23. The normalized spacial score (nSPS) is 11.4. The van der Waals surface area contributed by atoms with E-state index in [1.54, 1.807) is 14.0 Å². The fourth-order valence-electron chi connectivity index (χ4n) is 1.52. The lowest BCUT2D eigenvalue weighted by Crippen LogP contribution is -2.01. The molecular formula is C15H19ClO3. The van der Waals surface area contributed by atoms with Gasteiger partial charge < -0.3 is 14.3 Å². The van der Waals surface area contributed by atoms with E-state index in [-0.39, 0.29) is 5.78 Å². The summed E-state index contributed by atoms with van der Waals surface area (Å²) < 4.78 is 10.7. The quantitative estimate of drug-likeness (QED) is 0.729. The minimum Gasteiger partial charge on any atom is -0.497 e. The Labute approximate surface area is 119 Å². The first-order valence-corrected chi connectivity index (χ1v) is 6.57. The van der Waals surface area contributed by atoms with Crippen molar-refractivity contribution in [1.29, 1.82) is 0 Å². The molecule has 0 aliphatic carbocycles. The zero-order chi connectivity index (χ0) is 14.1. The minimum absolute atomic E-state index is 0.158. The molecule has 0 aliphatic rings. The van der Waals surface area contributed by atoms with E-state index in [1.807, 2.05) is 24.3 Å². The van der Waals surface area contributed by atoms with Gasteiger partial charge in [-0.15, -0.1) is 0 Å². The van der Waals surface area contributed by atoms with E-state index in [1.165, 1.54) is 5.54 Å². The molecule has 3 nitrogen and oxygen atoms in total. The molecule has 1 aromatic carbocycles. The number of carbonyl (C=O) groups is 1. The molecule has 4 heteroatoms. The molecule has 0 fully saturated rings. The van der Waals surface area contributed by atoms with Crippen LogP contribution in [-0.4, -0.2) is 19.5 Å². The van der Waals surface area contributed by atoms with Crippen molar-refractivity contribution in [3.05, 3.63) is 40.9 Å². The molecule has 0 bridgehead atoms. The van der Waals surface area contributed by atoms with Gasteiger partial charge in [-0.25, -0.2) is 0 Å². The van der Waals surface area contributed by atoms with Gasteiger partial charge in [-0.2, -0.15) is 0 Å². The van der Waals surface area contributed by atoms with Crippen LogP contribution in [0.25, 0.3) is 0 Å². The van der Waals surface area contributed by atoms with E-state index in [2.05, 4.69) is 0 Å². The third kappa shape index (κ3) is 6.41. The summed E-state index contributed by atoms with van der Waals surface area (Å²) in [6.07, 6.45) is 1.16. The summed E-state index contributed by atoms with van der Waals surface area (Å²) in [4.78, 5) is 10.9. The fraction of sp³-hybridized carbons (Fsp3) is 0.400. The summed E-state index contributed by atoms with van der Waals surface area (Å²) in [5.41, 5.74) is 3.50. The lowest BCUT2D eigenvalue weighted by Gasteiger charge is -2.08. The van der Waals surface area contributed by atoms with Crippen LogP contribution in [0.4, 0.5) is 0 Å². The number of ether oxygens (including phenoxy) is 2. The van der Waals surface area contributed by atoms with Crippen molar-refractivity contribution in [2.24, 2.45) is 0 Å². The van der Waals surface area contributed by atoms with Gasteiger partial charge in [-0.3, -0.25) is 0 Å². The lowest BCUT2D eigenvalue weighted by molar-refractivity contribution is -0.117. The van der Waals surface area contributed by atoms with Crippen LogP contribution in [-0.2, 0) is 16.1 Å². The zero-order valence-corrected chi connectivity index (χ0v) is 12.1. The number of hydrogen-bond donors (Lipinski definition) is 0. The Morgan fingerprint density at radius 3 is 2.47 bits per heavy atom. The molecule has 0 amide bonds. The van der Waals surface area contributed by atoms with Crippen molar-refractivity contribution in [2.75, 3.05) is 13.7 Å². The Hall–Kier alpha value is -1.32. The van der Waals surface area contributed by atoms with Crippen LogP contribution in [0.2, 0.25) is 0 Å². The van der Waals surface area contributed by atoms with Crippen LogP contribution in [0.3, 0.4) is 0 Å². The average molecular weight is 283 g/mol. The summed E-state index contributed by atoms with van der Waals surface area (Å²) >= 11 is 5.70. The largest absolute Gasteiger partial charge is 0.497 e. The molecule has 0 aromatic heterocycles. The van der Waals surface area contributed by atoms with Crippen molar-refractivity contribution >= 4 is 17.4 Å². The predicted molar refractivity (Wildman–Crippen MR) is 76.5 cm³/mol. The highest BCUT2D eigenvalue weighted by atomic mass is 35.5. The molecule has 0 unspecified atom stereocenters. The van der Waals surface area contributed by atoms with Crippen molar-refractivity contribution in [3.8, 4) is 5.75 Å². The van der Waals surface area contributed by atoms with Crippen LogP contribution in [0.1, 0.15) is 25.3 Å². The molecule has 0 aliphatic heterocycles. The molecule has 0 radical (unpaired) electrons. The standard InChI is InChI=1S/C15H19ClO3/c1-12(17)3-4-14(9-16)11-19-10-13-5-7-15(18-2)8-6-13/h5-9H,3-4,10-11H2,1-2H3. The molecular weight excluding hydrogens is 264 g/mol. The van der Waals surface area contributed by atoms with Crippen LogP contribution in [0, 0.1) is 0 Å². The van der Waals surface area contributed by atoms with Crippen LogP contribution >= 0.6 is 11.6 Å². The number of hydrogen-bond acceptors (Lipinski definition) is 3. The van der Waals surface area contributed by atoms with E-state index in [0.29, 0.717) is 26.1 Å². The Morgan fingerprint density at radius 1 is 1.26 bits per heavy atom. The number of rotatable bonds is 8. The predicted octanol–water partition coefficient (Wildman–Crippen LogP) is 3.70. The third-order valence-corrected chi connectivity index (χ3v) is 2.98. The highest BCUT2D eigenvalue weighted by Crippen LogP contribution is 2.13. The second kappa shape index (κ2) is 8.73. The third-order valence-electron chi connectivity index (χ3n) is 2.67. The van der Waals surface area contributed by atoms with Gasteiger partial charge in [0.05, 0.1) is 20.3 Å². The topological polar surface area (TPSA) is 35.5 Å². The minimum atomic E-state index is 0.158. The number of halogens is 1. The molecule has 0 heterocycles. The SMILES string of the molecule is COc1ccc(COCC(=CCl)CCC(C)=O)cc1. The first-order chi connectivity index (χ1) is 9.15. The van der Waals surface area contributed by atoms with Gasteiger partial charge in [0, 0.05) is 12.0 Å². The fourth-order valence-corrected chi connectivity index (χ4v) is 1.69. The highest BCUT2D eigenvalue weighted by Gasteiger charge is 2.01. The molecule has 1 rings (SSSR count). The summed E-state index contributed by atoms with van der Waals surface area (Å²) in [5, 5.41) is 0. The van der Waals surface area contributed by atoms with Crippen molar-refractivity contribution in [1.82, 2.24) is 0 Å². The van der Waals surface area contributed by atoms with Crippen molar-refractivity contribution in [2.45, 2.75) is 26.4 Å². The summed E-state index contributed by atoms with van der Waals surface area (Å²) in [6, 6.07) is 7.70. The van der Waals surface area contributed by atoms with Gasteiger partial charge in [0.1, 0.15) is 11.5 Å². The second-order valence-electron chi connectivity index (χ2n) is 4.31. The molecule has 0 atom stereocenters. The van der Waals surface area contributed by atoms with Crippen molar-refractivity contribution < 1.29 is 14.3 Å². The molecule has 1 aromatic rings. The van der Waals surface area contributed by atoms with Gasteiger partial charge in [0.2, 0.25) is 0 Å². The second-order valence-corrected chi connectivity index (χ2v) is 4.53. The van der Waals surface area contributed by atoms with Gasteiger partial charge in [-0.1, -0.05) is 23.7 Å². The maximum Gasteiger partial charge on any atom is 0.130 e. The summed E-state index contributed by atoms with van der Waals surface area (Å²) in [6.45, 7) is 2.53. The number of carbonyl (C=O) groups excluding carboxylic acids is 1. The van der Waals surface area contributed by atoms with E-state index in [0.717, 1.165) is 16.9 Å². The smallest absolute Gasteiger partial charge is 0.130 e. The Morgan fingerprint density at radius 2 is 1.95 bits per heavy atom. The zero-order valence-electron chi connectivity index (χ0n) is 11.3.